The number of aliphatic carboxylic acids is 1. The van der Waals surface area contributed by atoms with Crippen LogP contribution in [0.25, 0.3) is 0 Å². The van der Waals surface area contributed by atoms with E-state index in [2.05, 4.69) is 5.32 Å². The summed E-state index contributed by atoms with van der Waals surface area (Å²) in [5.74, 6) is -1.17. The van der Waals surface area contributed by atoms with Crippen LogP contribution in [0.15, 0.2) is 0 Å². The molecule has 0 aromatic rings. The van der Waals surface area contributed by atoms with Gasteiger partial charge in [0.2, 0.25) is 5.91 Å². The fourth-order valence-corrected chi connectivity index (χ4v) is 2.39. The molecule has 2 unspecified atom stereocenters. The van der Waals surface area contributed by atoms with E-state index >= 15 is 0 Å². The predicted octanol–water partition coefficient (Wildman–Crippen LogP) is 2.33. The standard InChI is InChI=1S/C13H23NO3/c1-2-3-9-12(15)14-11-8-6-4-5-7-10(11)13(16)17/h10-11H,2-9H2,1H3,(H,14,15)(H,16,17). The number of amides is 1. The van der Waals surface area contributed by atoms with Crippen LogP contribution in [0.3, 0.4) is 0 Å². The van der Waals surface area contributed by atoms with Crippen molar-refractivity contribution in [2.75, 3.05) is 0 Å². The smallest absolute Gasteiger partial charge is 0.308 e. The molecule has 1 aliphatic rings. The Labute approximate surface area is 103 Å². The molecular weight excluding hydrogens is 218 g/mol. The lowest BCUT2D eigenvalue weighted by Crippen LogP contribution is -2.42. The highest BCUT2D eigenvalue weighted by Crippen LogP contribution is 2.23. The molecule has 1 fully saturated rings. The Balaban J connectivity index is 2.51. The Morgan fingerprint density at radius 2 is 1.94 bits per heavy atom. The van der Waals surface area contributed by atoms with E-state index in [0.29, 0.717) is 12.8 Å². The Bertz CT molecular complexity index is 265. The minimum Gasteiger partial charge on any atom is -0.481 e. The normalized spacial score (nSPS) is 25.0. The zero-order valence-corrected chi connectivity index (χ0v) is 10.6. The van der Waals surface area contributed by atoms with Crippen LogP contribution in [-0.2, 0) is 9.59 Å². The lowest BCUT2D eigenvalue weighted by atomic mass is 9.94. The van der Waals surface area contributed by atoms with Crippen molar-refractivity contribution in [2.45, 2.75) is 64.3 Å². The van der Waals surface area contributed by atoms with Crippen LogP contribution in [0.5, 0.6) is 0 Å². The van der Waals surface area contributed by atoms with Crippen molar-refractivity contribution in [1.29, 1.82) is 0 Å². The molecule has 1 aliphatic carbocycles. The third-order valence-corrected chi connectivity index (χ3v) is 3.44. The molecule has 1 amide bonds. The van der Waals surface area contributed by atoms with Crippen molar-refractivity contribution in [3.63, 3.8) is 0 Å². The van der Waals surface area contributed by atoms with Gasteiger partial charge in [0.15, 0.2) is 0 Å². The number of hydrogen-bond donors (Lipinski definition) is 2. The fraction of sp³-hybridized carbons (Fsp3) is 0.846. The summed E-state index contributed by atoms with van der Waals surface area (Å²) in [5.41, 5.74) is 0. The molecular formula is C13H23NO3. The number of carbonyl (C=O) groups is 2. The molecule has 4 nitrogen and oxygen atoms in total. The van der Waals surface area contributed by atoms with Gasteiger partial charge in [-0.05, 0) is 19.3 Å². The summed E-state index contributed by atoms with van der Waals surface area (Å²) in [6, 6.07) is -0.167. The first-order valence-corrected chi connectivity index (χ1v) is 6.67. The van der Waals surface area contributed by atoms with Crippen molar-refractivity contribution in [3.05, 3.63) is 0 Å². The highest BCUT2D eigenvalue weighted by Gasteiger charge is 2.30. The van der Waals surface area contributed by atoms with Gasteiger partial charge in [0.05, 0.1) is 5.92 Å². The summed E-state index contributed by atoms with van der Waals surface area (Å²) in [6.07, 6.45) is 6.91. The van der Waals surface area contributed by atoms with Gasteiger partial charge in [0.25, 0.3) is 0 Å². The van der Waals surface area contributed by atoms with Crippen LogP contribution >= 0.6 is 0 Å². The monoisotopic (exact) mass is 241 g/mol. The number of hydrogen-bond acceptors (Lipinski definition) is 2. The van der Waals surface area contributed by atoms with Crippen LogP contribution < -0.4 is 5.32 Å². The van der Waals surface area contributed by atoms with Gasteiger partial charge in [-0.2, -0.15) is 0 Å². The van der Waals surface area contributed by atoms with Crippen LogP contribution in [0.4, 0.5) is 0 Å². The van der Waals surface area contributed by atoms with Gasteiger partial charge >= 0.3 is 5.97 Å². The molecule has 0 aromatic carbocycles. The van der Waals surface area contributed by atoms with Crippen molar-refractivity contribution in [1.82, 2.24) is 5.32 Å². The lowest BCUT2D eigenvalue weighted by molar-refractivity contribution is -0.143. The van der Waals surface area contributed by atoms with E-state index < -0.39 is 11.9 Å². The molecule has 98 valence electrons. The van der Waals surface area contributed by atoms with E-state index in [1.54, 1.807) is 0 Å². The van der Waals surface area contributed by atoms with Crippen LogP contribution in [0, 0.1) is 5.92 Å². The molecule has 0 spiro atoms. The zero-order valence-electron chi connectivity index (χ0n) is 10.6. The van der Waals surface area contributed by atoms with Gasteiger partial charge in [-0.25, -0.2) is 0 Å². The Morgan fingerprint density at radius 3 is 2.59 bits per heavy atom. The maximum atomic E-state index is 11.6. The van der Waals surface area contributed by atoms with E-state index in [1.165, 1.54) is 0 Å². The molecule has 0 aromatic heterocycles. The Hall–Kier alpha value is -1.06. The van der Waals surface area contributed by atoms with Gasteiger partial charge in [0.1, 0.15) is 0 Å². The first-order chi connectivity index (χ1) is 8.15. The topological polar surface area (TPSA) is 66.4 Å². The summed E-state index contributed by atoms with van der Waals surface area (Å²) in [4.78, 5) is 22.8. The number of unbranched alkanes of at least 4 members (excludes halogenated alkanes) is 1. The molecule has 0 heterocycles. The highest BCUT2D eigenvalue weighted by atomic mass is 16.4. The van der Waals surface area contributed by atoms with E-state index in [0.717, 1.165) is 38.5 Å². The van der Waals surface area contributed by atoms with Crippen molar-refractivity contribution in [2.24, 2.45) is 5.92 Å². The first-order valence-electron chi connectivity index (χ1n) is 6.67. The third kappa shape index (κ3) is 4.75. The van der Waals surface area contributed by atoms with E-state index in [-0.39, 0.29) is 11.9 Å². The highest BCUT2D eigenvalue weighted by molar-refractivity contribution is 5.78. The number of nitrogens with one attached hydrogen (secondary N) is 1. The molecule has 0 radical (unpaired) electrons. The molecule has 1 saturated carbocycles. The third-order valence-electron chi connectivity index (χ3n) is 3.44. The van der Waals surface area contributed by atoms with E-state index in [4.69, 9.17) is 0 Å². The largest absolute Gasteiger partial charge is 0.481 e. The molecule has 2 N–H and O–H groups in total. The molecule has 0 aliphatic heterocycles. The summed E-state index contributed by atoms with van der Waals surface area (Å²) in [6.45, 7) is 2.04. The molecule has 17 heavy (non-hydrogen) atoms. The second kappa shape index (κ2) is 7.30. The number of rotatable bonds is 5. The van der Waals surface area contributed by atoms with Crippen LogP contribution in [0.2, 0.25) is 0 Å². The average Bonchev–Trinajstić information content (AvgIpc) is 2.51. The van der Waals surface area contributed by atoms with Crippen molar-refractivity contribution in [3.8, 4) is 0 Å². The maximum Gasteiger partial charge on any atom is 0.308 e. The first kappa shape index (κ1) is 14.0. The van der Waals surface area contributed by atoms with E-state index in [1.807, 2.05) is 6.92 Å². The van der Waals surface area contributed by atoms with Crippen molar-refractivity contribution >= 4 is 11.9 Å². The fourth-order valence-electron chi connectivity index (χ4n) is 2.39. The minimum absolute atomic E-state index is 0.00463. The molecule has 4 heteroatoms. The molecule has 1 rings (SSSR count). The predicted molar refractivity (Wildman–Crippen MR) is 65.7 cm³/mol. The van der Waals surface area contributed by atoms with E-state index in [9.17, 15) is 14.7 Å². The second-order valence-electron chi connectivity index (χ2n) is 4.86. The van der Waals surface area contributed by atoms with Crippen LogP contribution in [-0.4, -0.2) is 23.0 Å². The summed E-state index contributed by atoms with van der Waals surface area (Å²) < 4.78 is 0. The molecule has 0 saturated heterocycles. The summed E-state index contributed by atoms with van der Waals surface area (Å²) >= 11 is 0. The van der Waals surface area contributed by atoms with Gasteiger partial charge < -0.3 is 10.4 Å². The Kier molecular flexibility index (Phi) is 6.01. The maximum absolute atomic E-state index is 11.6. The summed E-state index contributed by atoms with van der Waals surface area (Å²) in [5, 5.41) is 12.1. The second-order valence-corrected chi connectivity index (χ2v) is 4.86. The number of carboxylic acids is 1. The SMILES string of the molecule is CCCCC(=O)NC1CCCCCC1C(=O)O. The summed E-state index contributed by atoms with van der Waals surface area (Å²) in [7, 11) is 0. The van der Waals surface area contributed by atoms with Crippen LogP contribution in [0.1, 0.15) is 58.3 Å². The Morgan fingerprint density at radius 1 is 1.24 bits per heavy atom. The minimum atomic E-state index is -0.771. The molecule has 0 bridgehead atoms. The van der Waals surface area contributed by atoms with Gasteiger partial charge in [-0.3, -0.25) is 9.59 Å². The number of carboxylic acid groups (broad SMARTS) is 1. The van der Waals surface area contributed by atoms with Gasteiger partial charge in [-0.1, -0.05) is 32.6 Å². The zero-order chi connectivity index (χ0) is 12.7. The van der Waals surface area contributed by atoms with Gasteiger partial charge in [0, 0.05) is 12.5 Å². The van der Waals surface area contributed by atoms with Gasteiger partial charge in [-0.15, -0.1) is 0 Å². The molecule has 2 atom stereocenters. The quantitative estimate of drug-likeness (QED) is 0.726. The lowest BCUT2D eigenvalue weighted by Gasteiger charge is -2.22. The number of carbonyl (C=O) groups excluding carboxylic acids is 1. The van der Waals surface area contributed by atoms with Crippen molar-refractivity contribution < 1.29 is 14.7 Å². The average molecular weight is 241 g/mol.